The van der Waals surface area contributed by atoms with Crippen LogP contribution in [-0.2, 0) is 19.5 Å². The molecule has 0 bridgehead atoms. The van der Waals surface area contributed by atoms with Crippen molar-refractivity contribution in [2.45, 2.75) is 58.3 Å². The average Bonchev–Trinajstić information content (AvgIpc) is 3.48. The van der Waals surface area contributed by atoms with Crippen molar-refractivity contribution < 1.29 is 24.2 Å². The van der Waals surface area contributed by atoms with Gasteiger partial charge in [-0.25, -0.2) is 9.78 Å². The van der Waals surface area contributed by atoms with Gasteiger partial charge in [-0.15, -0.1) is 11.3 Å². The number of aryl methyl sites for hydroxylation is 1. The Kier molecular flexibility index (Phi) is 12.8. The zero-order valence-corrected chi connectivity index (χ0v) is 29.2. The van der Waals surface area contributed by atoms with Crippen LogP contribution in [0.2, 0.25) is 0 Å². The molecule has 10 nitrogen and oxygen atoms in total. The Labute approximate surface area is 286 Å². The first-order valence-corrected chi connectivity index (χ1v) is 16.8. The zero-order chi connectivity index (χ0) is 34.8. The monoisotopic (exact) mass is 671 g/mol. The fraction of sp³-hybridized carbons (Fsp3) is 0.351. The summed E-state index contributed by atoms with van der Waals surface area (Å²) in [6.45, 7) is 6.90. The molecule has 11 heteroatoms. The summed E-state index contributed by atoms with van der Waals surface area (Å²) in [6.07, 6.45) is -1.05. The average molecular weight is 672 g/mol. The van der Waals surface area contributed by atoms with E-state index in [0.717, 1.165) is 27.4 Å². The summed E-state index contributed by atoms with van der Waals surface area (Å²) in [7, 11) is 4.96. The quantitative estimate of drug-likeness (QED) is 0.164. The molecule has 0 aliphatic carbocycles. The summed E-state index contributed by atoms with van der Waals surface area (Å²) in [5, 5.41) is 20.4. The first-order chi connectivity index (χ1) is 22.9. The van der Waals surface area contributed by atoms with Crippen molar-refractivity contribution in [1.82, 2.24) is 25.4 Å². The van der Waals surface area contributed by atoms with Gasteiger partial charge < -0.3 is 30.3 Å². The van der Waals surface area contributed by atoms with Crippen LogP contribution in [0.1, 0.15) is 67.9 Å². The van der Waals surface area contributed by atoms with Gasteiger partial charge in [0.05, 0.1) is 18.7 Å². The van der Waals surface area contributed by atoms with E-state index in [2.05, 4.69) is 29.5 Å². The van der Waals surface area contributed by atoms with Crippen LogP contribution in [0.5, 0.6) is 5.75 Å². The number of hydrogen-bond acceptors (Lipinski definition) is 8. The smallest absolute Gasteiger partial charge is 0.410 e. The van der Waals surface area contributed by atoms with Gasteiger partial charge in [0.1, 0.15) is 10.8 Å². The zero-order valence-electron chi connectivity index (χ0n) is 28.4. The van der Waals surface area contributed by atoms with Gasteiger partial charge in [-0.05, 0) is 54.7 Å². The highest BCUT2D eigenvalue weighted by atomic mass is 32.1. The second-order valence-electron chi connectivity index (χ2n) is 12.4. The molecular weight excluding hydrogens is 627 g/mol. The number of aromatic nitrogens is 1. The number of rotatable bonds is 14. The van der Waals surface area contributed by atoms with E-state index in [1.165, 1.54) is 16.2 Å². The minimum absolute atomic E-state index is 0.157. The maximum absolute atomic E-state index is 13.5. The van der Waals surface area contributed by atoms with E-state index in [1.54, 1.807) is 50.3 Å². The lowest BCUT2D eigenvalue weighted by molar-refractivity contribution is 0.0784. The molecule has 48 heavy (non-hydrogen) atoms. The Morgan fingerprint density at radius 2 is 1.69 bits per heavy atom. The van der Waals surface area contributed by atoms with Gasteiger partial charge in [-0.1, -0.05) is 62.4 Å². The summed E-state index contributed by atoms with van der Waals surface area (Å²) in [5.74, 6) is 0.0862. The maximum Gasteiger partial charge on any atom is 0.414 e. The number of carbonyl (C=O) groups is 3. The topological polar surface area (TPSA) is 124 Å². The van der Waals surface area contributed by atoms with Crippen LogP contribution in [0.3, 0.4) is 0 Å². The Morgan fingerprint density at radius 1 is 0.958 bits per heavy atom. The van der Waals surface area contributed by atoms with Crippen molar-refractivity contribution in [1.29, 1.82) is 0 Å². The highest BCUT2D eigenvalue weighted by molar-refractivity contribution is 7.09. The molecule has 4 rings (SSSR count). The molecule has 0 saturated carbocycles. The molecule has 0 radical (unpaired) electrons. The van der Waals surface area contributed by atoms with Crippen LogP contribution in [-0.4, -0.2) is 77.6 Å². The first kappa shape index (κ1) is 36.3. The highest BCUT2D eigenvalue weighted by Crippen LogP contribution is 2.26. The summed E-state index contributed by atoms with van der Waals surface area (Å²) in [5.41, 5.74) is 4.36. The van der Waals surface area contributed by atoms with E-state index in [-0.39, 0.29) is 18.4 Å². The van der Waals surface area contributed by atoms with Crippen LogP contribution >= 0.6 is 11.3 Å². The summed E-state index contributed by atoms with van der Waals surface area (Å²) in [6, 6.07) is 21.4. The number of nitrogens with one attached hydrogen (secondary N) is 2. The Morgan fingerprint density at radius 3 is 2.35 bits per heavy atom. The Bertz CT molecular complexity index is 1690. The van der Waals surface area contributed by atoms with Gasteiger partial charge in [0, 0.05) is 62.0 Å². The number of ether oxygens (including phenoxy) is 1. The number of aliphatic hydroxyl groups is 1. The molecule has 1 heterocycles. The van der Waals surface area contributed by atoms with E-state index in [0.29, 0.717) is 36.4 Å². The summed E-state index contributed by atoms with van der Waals surface area (Å²) < 4.78 is 5.65. The number of nitrogens with zero attached hydrogens (tertiary/aromatic N) is 3. The molecule has 3 amide bonds. The summed E-state index contributed by atoms with van der Waals surface area (Å²) in [4.78, 5) is 46.5. The second kappa shape index (κ2) is 17.0. The molecule has 0 fully saturated rings. The largest absolute Gasteiger partial charge is 0.414 e. The molecule has 254 valence electrons. The maximum atomic E-state index is 13.5. The van der Waals surface area contributed by atoms with Crippen molar-refractivity contribution in [2.24, 2.45) is 0 Å². The van der Waals surface area contributed by atoms with Crippen LogP contribution in [0, 0.1) is 6.92 Å². The number of amides is 3. The lowest BCUT2D eigenvalue weighted by Crippen LogP contribution is -2.48. The van der Waals surface area contributed by atoms with E-state index >= 15 is 0 Å². The number of carbonyl (C=O) groups excluding carboxylic acids is 3. The molecule has 0 aliphatic rings. The third-order valence-electron chi connectivity index (χ3n) is 7.83. The van der Waals surface area contributed by atoms with Crippen molar-refractivity contribution in [3.05, 3.63) is 117 Å². The van der Waals surface area contributed by atoms with Crippen LogP contribution in [0.15, 0.2) is 78.2 Å². The molecule has 2 unspecified atom stereocenters. The normalized spacial score (nSPS) is 12.3. The molecule has 2 atom stereocenters. The molecule has 4 aromatic rings. The molecule has 0 spiro atoms. The van der Waals surface area contributed by atoms with Gasteiger partial charge in [-0.2, -0.15) is 0 Å². The van der Waals surface area contributed by atoms with E-state index < -0.39 is 24.1 Å². The lowest BCUT2D eigenvalue weighted by Gasteiger charge is -2.25. The van der Waals surface area contributed by atoms with E-state index in [4.69, 9.17) is 4.74 Å². The number of thiazole rings is 1. The van der Waals surface area contributed by atoms with E-state index in [9.17, 15) is 19.5 Å². The predicted octanol–water partition coefficient (Wildman–Crippen LogP) is 5.40. The lowest BCUT2D eigenvalue weighted by atomic mass is 9.99. The molecule has 1 aromatic heterocycles. The minimum Gasteiger partial charge on any atom is -0.410 e. The van der Waals surface area contributed by atoms with Crippen LogP contribution in [0.4, 0.5) is 4.79 Å². The third-order valence-corrected chi connectivity index (χ3v) is 8.78. The SMILES string of the molecule is Cc1csc(CN(C)C(=O)c2cccc(C(=O)NC(Cc3ccccc3)C(O)CNCc3ccc(C(C)C)cc3OC(=O)N(C)C)c2)n1. The highest BCUT2D eigenvalue weighted by Gasteiger charge is 2.24. The number of hydrogen-bond donors (Lipinski definition) is 3. The van der Waals surface area contributed by atoms with Crippen molar-refractivity contribution in [2.75, 3.05) is 27.7 Å². The predicted molar refractivity (Wildman–Crippen MR) is 188 cm³/mol. The molecule has 0 aliphatic heterocycles. The Hall–Kier alpha value is -4.58. The molecular formula is C37H45N5O5S. The van der Waals surface area contributed by atoms with Crippen LogP contribution in [0.25, 0.3) is 0 Å². The van der Waals surface area contributed by atoms with Gasteiger partial charge in [-0.3, -0.25) is 9.59 Å². The van der Waals surface area contributed by atoms with Crippen LogP contribution < -0.4 is 15.4 Å². The van der Waals surface area contributed by atoms with Crippen molar-refractivity contribution >= 4 is 29.2 Å². The van der Waals surface area contributed by atoms with Gasteiger partial charge in [0.25, 0.3) is 11.8 Å². The van der Waals surface area contributed by atoms with E-state index in [1.807, 2.05) is 60.8 Å². The first-order valence-electron chi connectivity index (χ1n) is 15.9. The minimum atomic E-state index is -0.963. The fourth-order valence-corrected chi connectivity index (χ4v) is 5.84. The van der Waals surface area contributed by atoms with Crippen molar-refractivity contribution in [3.63, 3.8) is 0 Å². The van der Waals surface area contributed by atoms with Gasteiger partial charge in [0.15, 0.2) is 0 Å². The number of benzene rings is 3. The molecule has 0 saturated heterocycles. The fourth-order valence-electron chi connectivity index (χ4n) is 5.02. The second-order valence-corrected chi connectivity index (χ2v) is 13.3. The standard InChI is InChI=1S/C37H45N5O5S/c1-24(2)27-15-16-30(33(19-27)47-37(46)41(4)5)20-38-21-32(43)31(17-26-11-8-7-9-12-26)40-35(44)28-13-10-14-29(18-28)36(45)42(6)22-34-39-25(3)23-48-34/h7-16,18-19,23-24,31-32,38,43H,17,20-22H2,1-6H3,(H,40,44). The molecule has 3 N–H and O–H groups in total. The summed E-state index contributed by atoms with van der Waals surface area (Å²) >= 11 is 1.50. The number of aliphatic hydroxyl groups excluding tert-OH is 1. The third kappa shape index (κ3) is 10.2. The molecule has 3 aromatic carbocycles. The Balaban J connectivity index is 1.45. The van der Waals surface area contributed by atoms with Crippen molar-refractivity contribution in [3.8, 4) is 5.75 Å². The van der Waals surface area contributed by atoms with Gasteiger partial charge in [0.2, 0.25) is 0 Å². The van der Waals surface area contributed by atoms with Gasteiger partial charge >= 0.3 is 6.09 Å².